The second-order valence-electron chi connectivity index (χ2n) is 2.52. The molecular weight excluding hydrogens is 186 g/mol. The molecule has 0 atom stereocenters. The minimum atomic E-state index is 1.01. The van der Waals surface area contributed by atoms with Gasteiger partial charge in [-0.15, -0.1) is 0 Å². The van der Waals surface area contributed by atoms with E-state index in [4.69, 9.17) is 0 Å². The summed E-state index contributed by atoms with van der Waals surface area (Å²) in [7, 11) is 1.50. The van der Waals surface area contributed by atoms with Crippen LogP contribution in [0, 0.1) is 6.92 Å². The van der Waals surface area contributed by atoms with E-state index in [9.17, 15) is 0 Å². The highest BCUT2D eigenvalue weighted by Gasteiger charge is 1.92. The molecular formula is C12H19N3. The molecule has 2 N–H and O–H groups in total. The lowest BCUT2D eigenvalue weighted by atomic mass is 10.2. The van der Waals surface area contributed by atoms with E-state index in [1.807, 2.05) is 45.2 Å². The molecule has 82 valence electrons. The van der Waals surface area contributed by atoms with Gasteiger partial charge in [-0.2, -0.15) is 0 Å². The summed E-state index contributed by atoms with van der Waals surface area (Å²) in [6.07, 6.45) is 3.64. The Morgan fingerprint density at radius 1 is 1.13 bits per heavy atom. The Bertz CT molecular complexity index is 385. The Labute approximate surface area is 91.4 Å². The quantitative estimate of drug-likeness (QED) is 0.719. The van der Waals surface area contributed by atoms with Crippen LogP contribution in [0.15, 0.2) is 30.6 Å². The standard InChI is InChI=1S/C9H8N2.C2H6.CH5N/c1-7-5-9-8(6-11-7)3-2-4-10-9;2*1-2/h2-6H,1H3;1-2H3;2H2,1H3. The molecule has 0 radical (unpaired) electrons. The summed E-state index contributed by atoms with van der Waals surface area (Å²) in [6, 6.07) is 5.91. The molecule has 0 amide bonds. The van der Waals surface area contributed by atoms with Gasteiger partial charge in [0.05, 0.1) is 5.52 Å². The third-order valence-electron chi connectivity index (χ3n) is 1.62. The lowest BCUT2D eigenvalue weighted by Gasteiger charge is -1.95. The van der Waals surface area contributed by atoms with Crippen molar-refractivity contribution in [2.24, 2.45) is 5.73 Å². The minimum Gasteiger partial charge on any atom is -0.333 e. The Balaban J connectivity index is 0.000000442. The second kappa shape index (κ2) is 7.88. The minimum absolute atomic E-state index is 1.01. The molecule has 0 spiro atoms. The Morgan fingerprint density at radius 2 is 1.80 bits per heavy atom. The SMILES string of the molecule is CC.CN.Cc1cc2ncccc2cn1. The van der Waals surface area contributed by atoms with Crippen LogP contribution in [0.3, 0.4) is 0 Å². The predicted molar refractivity (Wildman–Crippen MR) is 65.7 cm³/mol. The molecule has 3 heteroatoms. The van der Waals surface area contributed by atoms with Crippen molar-refractivity contribution in [1.82, 2.24) is 9.97 Å². The van der Waals surface area contributed by atoms with Gasteiger partial charge >= 0.3 is 0 Å². The first-order valence-electron chi connectivity index (χ1n) is 5.11. The maximum atomic E-state index is 4.50. The number of nitrogens with zero attached hydrogens (tertiary/aromatic N) is 2. The summed E-state index contributed by atoms with van der Waals surface area (Å²) >= 11 is 0. The van der Waals surface area contributed by atoms with Crippen molar-refractivity contribution in [2.45, 2.75) is 20.8 Å². The lowest BCUT2D eigenvalue weighted by Crippen LogP contribution is -1.82. The molecule has 0 saturated heterocycles. The maximum absolute atomic E-state index is 4.50. The number of hydrogen-bond acceptors (Lipinski definition) is 3. The number of aryl methyl sites for hydroxylation is 1. The molecule has 0 bridgehead atoms. The molecule has 0 aliphatic rings. The van der Waals surface area contributed by atoms with Crippen LogP contribution < -0.4 is 5.73 Å². The third kappa shape index (κ3) is 4.04. The zero-order valence-electron chi connectivity index (χ0n) is 9.86. The third-order valence-corrected chi connectivity index (χ3v) is 1.62. The summed E-state index contributed by atoms with van der Waals surface area (Å²) in [5.41, 5.74) is 6.52. The molecule has 0 aromatic carbocycles. The molecule has 0 aliphatic carbocycles. The normalized spacial score (nSPS) is 8.33. The van der Waals surface area contributed by atoms with E-state index in [2.05, 4.69) is 15.7 Å². The van der Waals surface area contributed by atoms with Crippen molar-refractivity contribution >= 4 is 10.9 Å². The number of fused-ring (bicyclic) bond motifs is 1. The van der Waals surface area contributed by atoms with Crippen LogP contribution in [0.2, 0.25) is 0 Å². The molecule has 0 unspecified atom stereocenters. The van der Waals surface area contributed by atoms with E-state index in [1.54, 1.807) is 6.20 Å². The number of pyridine rings is 2. The molecule has 0 aliphatic heterocycles. The summed E-state index contributed by atoms with van der Waals surface area (Å²) in [6.45, 7) is 5.97. The lowest BCUT2D eigenvalue weighted by molar-refractivity contribution is 1.21. The number of hydrogen-bond donors (Lipinski definition) is 1. The van der Waals surface area contributed by atoms with Crippen LogP contribution in [0.5, 0.6) is 0 Å². The topological polar surface area (TPSA) is 51.8 Å². The molecule has 0 fully saturated rings. The summed E-state index contributed by atoms with van der Waals surface area (Å²) < 4.78 is 0. The summed E-state index contributed by atoms with van der Waals surface area (Å²) in [5, 5.41) is 1.10. The van der Waals surface area contributed by atoms with Crippen LogP contribution in [-0.2, 0) is 0 Å². The highest BCUT2D eigenvalue weighted by Crippen LogP contribution is 2.08. The van der Waals surface area contributed by atoms with Gasteiger partial charge in [-0.1, -0.05) is 13.8 Å². The van der Waals surface area contributed by atoms with Gasteiger partial charge < -0.3 is 5.73 Å². The van der Waals surface area contributed by atoms with Gasteiger partial charge in [-0.25, -0.2) is 0 Å². The fourth-order valence-corrected chi connectivity index (χ4v) is 1.07. The molecule has 2 heterocycles. The van der Waals surface area contributed by atoms with Crippen LogP contribution in [0.4, 0.5) is 0 Å². The van der Waals surface area contributed by atoms with E-state index in [0.717, 1.165) is 16.6 Å². The van der Waals surface area contributed by atoms with Gasteiger partial charge in [0, 0.05) is 23.5 Å². The predicted octanol–water partition coefficient (Wildman–Crippen LogP) is 2.54. The Hall–Kier alpha value is -1.48. The van der Waals surface area contributed by atoms with Gasteiger partial charge in [-0.3, -0.25) is 9.97 Å². The monoisotopic (exact) mass is 205 g/mol. The average molecular weight is 205 g/mol. The fraction of sp³-hybridized carbons (Fsp3) is 0.333. The van der Waals surface area contributed by atoms with Gasteiger partial charge in [0.2, 0.25) is 0 Å². The van der Waals surface area contributed by atoms with Crippen LogP contribution >= 0.6 is 0 Å². The molecule has 2 aromatic heterocycles. The van der Waals surface area contributed by atoms with Crippen LogP contribution in [0.1, 0.15) is 19.5 Å². The molecule has 0 saturated carbocycles. The van der Waals surface area contributed by atoms with Crippen LogP contribution in [0.25, 0.3) is 10.9 Å². The van der Waals surface area contributed by atoms with Crippen molar-refractivity contribution in [1.29, 1.82) is 0 Å². The average Bonchev–Trinajstić information content (AvgIpc) is 2.34. The summed E-state index contributed by atoms with van der Waals surface area (Å²) in [4.78, 5) is 8.37. The van der Waals surface area contributed by atoms with Crippen molar-refractivity contribution < 1.29 is 0 Å². The first-order chi connectivity index (χ1) is 7.36. The zero-order chi connectivity index (χ0) is 11.7. The molecule has 2 aromatic rings. The molecule has 15 heavy (non-hydrogen) atoms. The number of nitrogens with two attached hydrogens (primary N) is 1. The van der Waals surface area contributed by atoms with Crippen molar-refractivity contribution in [3.8, 4) is 0 Å². The second-order valence-corrected chi connectivity index (χ2v) is 2.52. The highest BCUT2D eigenvalue weighted by atomic mass is 14.7. The van der Waals surface area contributed by atoms with E-state index < -0.39 is 0 Å². The van der Waals surface area contributed by atoms with Crippen molar-refractivity contribution in [2.75, 3.05) is 7.05 Å². The van der Waals surface area contributed by atoms with E-state index >= 15 is 0 Å². The molecule has 3 nitrogen and oxygen atoms in total. The number of rotatable bonds is 0. The summed E-state index contributed by atoms with van der Waals surface area (Å²) in [5.74, 6) is 0. The number of aromatic nitrogens is 2. The van der Waals surface area contributed by atoms with Gasteiger partial charge in [0.1, 0.15) is 0 Å². The van der Waals surface area contributed by atoms with E-state index in [0.29, 0.717) is 0 Å². The van der Waals surface area contributed by atoms with Crippen LogP contribution in [-0.4, -0.2) is 17.0 Å². The fourth-order valence-electron chi connectivity index (χ4n) is 1.07. The van der Waals surface area contributed by atoms with Crippen molar-refractivity contribution in [3.05, 3.63) is 36.3 Å². The molecule has 2 rings (SSSR count). The maximum Gasteiger partial charge on any atom is 0.0735 e. The van der Waals surface area contributed by atoms with E-state index in [1.165, 1.54) is 7.05 Å². The first-order valence-corrected chi connectivity index (χ1v) is 5.11. The first kappa shape index (κ1) is 13.5. The van der Waals surface area contributed by atoms with Gasteiger partial charge in [0.15, 0.2) is 0 Å². The Morgan fingerprint density at radius 3 is 2.47 bits per heavy atom. The van der Waals surface area contributed by atoms with Gasteiger partial charge in [0.25, 0.3) is 0 Å². The van der Waals surface area contributed by atoms with Crippen molar-refractivity contribution in [3.63, 3.8) is 0 Å². The largest absolute Gasteiger partial charge is 0.333 e. The smallest absolute Gasteiger partial charge is 0.0735 e. The highest BCUT2D eigenvalue weighted by molar-refractivity contribution is 5.77. The Kier molecular flexibility index (Phi) is 7.10. The van der Waals surface area contributed by atoms with Gasteiger partial charge in [-0.05, 0) is 32.2 Å². The zero-order valence-corrected chi connectivity index (χ0v) is 9.86. The van der Waals surface area contributed by atoms with E-state index in [-0.39, 0.29) is 0 Å².